The Labute approximate surface area is 180 Å². The molecule has 1 N–H and O–H groups in total. The molecule has 0 aliphatic carbocycles. The molecule has 0 fully saturated rings. The molecule has 0 unspecified atom stereocenters. The molecule has 1 atom stereocenters. The number of amides is 1. The summed E-state index contributed by atoms with van der Waals surface area (Å²) in [6.07, 6.45) is 1.41. The third-order valence-electron chi connectivity index (χ3n) is 4.75. The van der Waals surface area contributed by atoms with Crippen LogP contribution in [-0.4, -0.2) is 36.8 Å². The number of sulfonamides is 1. The van der Waals surface area contributed by atoms with Crippen molar-refractivity contribution in [1.82, 2.24) is 10.2 Å². The summed E-state index contributed by atoms with van der Waals surface area (Å²) in [4.78, 5) is 13.0. The van der Waals surface area contributed by atoms with E-state index in [0.717, 1.165) is 22.9 Å². The fourth-order valence-corrected chi connectivity index (χ4v) is 5.04. The first kappa shape index (κ1) is 21.9. The lowest BCUT2D eigenvalue weighted by atomic mass is 10.1. The highest BCUT2D eigenvalue weighted by Crippen LogP contribution is 2.28. The third kappa shape index (κ3) is 4.85. The normalized spacial score (nSPS) is 12.4. The fraction of sp³-hybridized carbons (Fsp3) is 0.286. The van der Waals surface area contributed by atoms with Gasteiger partial charge in [-0.2, -0.15) is 0 Å². The SMILES string of the molecule is CC[C@@H](C(=O)Nc1nnc(-c2ccccc2)s1)N(c1ccc(C)c(C)c1)S(C)(=O)=O. The fourth-order valence-electron chi connectivity index (χ4n) is 3.08. The molecule has 1 amide bonds. The second-order valence-electron chi connectivity index (χ2n) is 7.02. The van der Waals surface area contributed by atoms with Crippen molar-refractivity contribution >= 4 is 38.1 Å². The van der Waals surface area contributed by atoms with E-state index in [-0.39, 0.29) is 0 Å². The maximum atomic E-state index is 13.0. The zero-order valence-corrected chi connectivity index (χ0v) is 18.9. The smallest absolute Gasteiger partial charge is 0.250 e. The van der Waals surface area contributed by atoms with E-state index in [9.17, 15) is 13.2 Å². The number of carbonyl (C=O) groups is 1. The highest BCUT2D eigenvalue weighted by atomic mass is 32.2. The van der Waals surface area contributed by atoms with Gasteiger partial charge in [0.2, 0.25) is 21.1 Å². The number of aromatic nitrogens is 2. The van der Waals surface area contributed by atoms with Crippen molar-refractivity contribution in [1.29, 1.82) is 0 Å². The number of rotatable bonds is 7. The van der Waals surface area contributed by atoms with Gasteiger partial charge in [-0.15, -0.1) is 10.2 Å². The van der Waals surface area contributed by atoms with Crippen molar-refractivity contribution in [3.63, 3.8) is 0 Å². The van der Waals surface area contributed by atoms with E-state index in [1.807, 2.05) is 50.2 Å². The minimum atomic E-state index is -3.69. The van der Waals surface area contributed by atoms with Gasteiger partial charge in [0.15, 0.2) is 0 Å². The van der Waals surface area contributed by atoms with Crippen LogP contribution in [0, 0.1) is 13.8 Å². The molecule has 1 heterocycles. The van der Waals surface area contributed by atoms with E-state index in [1.165, 1.54) is 15.6 Å². The topological polar surface area (TPSA) is 92.3 Å². The van der Waals surface area contributed by atoms with Gasteiger partial charge in [-0.05, 0) is 43.5 Å². The van der Waals surface area contributed by atoms with Crippen LogP contribution in [0.25, 0.3) is 10.6 Å². The minimum absolute atomic E-state index is 0.302. The van der Waals surface area contributed by atoms with Crippen molar-refractivity contribution in [3.8, 4) is 10.6 Å². The lowest BCUT2D eigenvalue weighted by molar-refractivity contribution is -0.117. The van der Waals surface area contributed by atoms with Gasteiger partial charge in [0.1, 0.15) is 11.0 Å². The molecule has 7 nitrogen and oxygen atoms in total. The monoisotopic (exact) mass is 444 g/mol. The molecule has 9 heteroatoms. The van der Waals surface area contributed by atoms with Crippen molar-refractivity contribution in [3.05, 3.63) is 59.7 Å². The van der Waals surface area contributed by atoms with Gasteiger partial charge in [-0.25, -0.2) is 8.42 Å². The summed E-state index contributed by atoms with van der Waals surface area (Å²) < 4.78 is 26.4. The van der Waals surface area contributed by atoms with Crippen LogP contribution in [0.5, 0.6) is 0 Å². The van der Waals surface area contributed by atoms with Gasteiger partial charge in [-0.3, -0.25) is 14.4 Å². The summed E-state index contributed by atoms with van der Waals surface area (Å²) in [7, 11) is -3.69. The lowest BCUT2D eigenvalue weighted by Crippen LogP contribution is -2.47. The molecule has 0 saturated heterocycles. The van der Waals surface area contributed by atoms with Crippen LogP contribution in [0.3, 0.4) is 0 Å². The second kappa shape index (κ2) is 8.93. The molecule has 3 aromatic rings. The highest BCUT2D eigenvalue weighted by Gasteiger charge is 2.32. The summed E-state index contributed by atoms with van der Waals surface area (Å²) in [6, 6.07) is 14.0. The molecule has 0 radical (unpaired) electrons. The number of anilines is 2. The average Bonchev–Trinajstić information content (AvgIpc) is 3.16. The Morgan fingerprint density at radius 1 is 1.10 bits per heavy atom. The molecule has 0 saturated carbocycles. The average molecular weight is 445 g/mol. The Hall–Kier alpha value is -2.78. The van der Waals surface area contributed by atoms with Crippen molar-refractivity contribution in [2.45, 2.75) is 33.2 Å². The zero-order chi connectivity index (χ0) is 21.9. The molecule has 0 aliphatic rings. The van der Waals surface area contributed by atoms with E-state index >= 15 is 0 Å². The maximum Gasteiger partial charge on any atom is 0.250 e. The third-order valence-corrected chi connectivity index (χ3v) is 6.82. The van der Waals surface area contributed by atoms with Crippen LogP contribution < -0.4 is 9.62 Å². The lowest BCUT2D eigenvalue weighted by Gasteiger charge is -2.30. The first-order chi connectivity index (χ1) is 14.2. The second-order valence-corrected chi connectivity index (χ2v) is 9.86. The summed E-state index contributed by atoms with van der Waals surface area (Å²) in [5.41, 5.74) is 3.36. The van der Waals surface area contributed by atoms with Crippen molar-refractivity contribution < 1.29 is 13.2 Å². The largest absolute Gasteiger partial charge is 0.299 e. The Morgan fingerprint density at radius 2 is 1.80 bits per heavy atom. The molecule has 0 spiro atoms. The first-order valence-electron chi connectivity index (χ1n) is 9.47. The standard InChI is InChI=1S/C21H24N4O3S2/c1-5-18(25(30(4,27)28)17-12-11-14(2)15(3)13-17)19(26)22-21-24-23-20(29-21)16-9-7-6-8-10-16/h6-13,18H,5H2,1-4H3,(H,22,24,26)/t18-/m0/s1. The molecule has 0 bridgehead atoms. The number of nitrogens with one attached hydrogen (secondary N) is 1. The van der Waals surface area contributed by atoms with Crippen LogP contribution in [0.2, 0.25) is 0 Å². The highest BCUT2D eigenvalue weighted by molar-refractivity contribution is 7.92. The van der Waals surface area contributed by atoms with Crippen molar-refractivity contribution in [2.24, 2.45) is 0 Å². The van der Waals surface area contributed by atoms with Crippen LogP contribution in [0.15, 0.2) is 48.5 Å². The number of hydrogen-bond donors (Lipinski definition) is 1. The quantitative estimate of drug-likeness (QED) is 0.594. The predicted octanol–water partition coefficient (Wildman–Crippen LogP) is 4.01. The molecule has 2 aromatic carbocycles. The summed E-state index contributed by atoms with van der Waals surface area (Å²) in [6.45, 7) is 5.64. The van der Waals surface area contributed by atoms with Gasteiger partial charge in [-0.1, -0.05) is 54.7 Å². The number of benzene rings is 2. The Balaban J connectivity index is 1.88. The number of nitrogens with zero attached hydrogens (tertiary/aromatic N) is 3. The first-order valence-corrected chi connectivity index (χ1v) is 12.1. The Morgan fingerprint density at radius 3 is 2.40 bits per heavy atom. The van der Waals surface area contributed by atoms with Gasteiger partial charge >= 0.3 is 0 Å². The minimum Gasteiger partial charge on any atom is -0.299 e. The van der Waals surface area contributed by atoms with Crippen LogP contribution >= 0.6 is 11.3 Å². The molecule has 3 rings (SSSR count). The molecule has 158 valence electrons. The van der Waals surface area contributed by atoms with Crippen molar-refractivity contribution in [2.75, 3.05) is 15.9 Å². The molecule has 1 aromatic heterocycles. The Kier molecular flexibility index (Phi) is 6.52. The Bertz CT molecular complexity index is 1140. The summed E-state index contributed by atoms with van der Waals surface area (Å²) >= 11 is 1.24. The number of hydrogen-bond acceptors (Lipinski definition) is 6. The zero-order valence-electron chi connectivity index (χ0n) is 17.3. The van der Waals surface area contributed by atoms with Gasteiger partial charge < -0.3 is 0 Å². The molecular weight excluding hydrogens is 420 g/mol. The number of aryl methyl sites for hydroxylation is 2. The molecule has 0 aliphatic heterocycles. The molecule has 30 heavy (non-hydrogen) atoms. The van der Waals surface area contributed by atoms with E-state index in [0.29, 0.717) is 22.2 Å². The summed E-state index contributed by atoms with van der Waals surface area (Å²) in [5.74, 6) is -0.447. The predicted molar refractivity (Wildman–Crippen MR) is 121 cm³/mol. The van der Waals surface area contributed by atoms with Crippen LogP contribution in [0.4, 0.5) is 10.8 Å². The van der Waals surface area contributed by atoms with E-state index < -0.39 is 22.0 Å². The maximum absolute atomic E-state index is 13.0. The van der Waals surface area contributed by atoms with Gasteiger partial charge in [0, 0.05) is 5.56 Å². The van der Waals surface area contributed by atoms with E-state index in [4.69, 9.17) is 0 Å². The van der Waals surface area contributed by atoms with E-state index in [1.54, 1.807) is 19.1 Å². The molecular formula is C21H24N4O3S2. The van der Waals surface area contributed by atoms with Crippen LogP contribution in [0.1, 0.15) is 24.5 Å². The number of carbonyl (C=O) groups excluding carboxylic acids is 1. The van der Waals surface area contributed by atoms with E-state index in [2.05, 4.69) is 15.5 Å². The summed E-state index contributed by atoms with van der Waals surface area (Å²) in [5, 5.41) is 11.9. The van der Waals surface area contributed by atoms with Gasteiger partial charge in [0.25, 0.3) is 0 Å². The van der Waals surface area contributed by atoms with Gasteiger partial charge in [0.05, 0.1) is 11.9 Å². The van der Waals surface area contributed by atoms with Crippen LogP contribution in [-0.2, 0) is 14.8 Å².